The standard InChI is InChI=1S/C17H14O5/c1-20-11-5-3-10(4-6-11)13-9-14(17(19)21-2)15(18)16-12(13)7-8-22-16/h3-9,18H,1-2H3. The number of furan rings is 1. The number of hydrogen-bond donors (Lipinski definition) is 1. The van der Waals surface area contributed by atoms with E-state index in [2.05, 4.69) is 0 Å². The second-order valence-corrected chi connectivity index (χ2v) is 4.70. The lowest BCUT2D eigenvalue weighted by Gasteiger charge is -2.09. The Bertz CT molecular complexity index is 830. The molecule has 1 aromatic heterocycles. The van der Waals surface area contributed by atoms with E-state index in [0.717, 1.165) is 22.3 Å². The number of fused-ring (bicyclic) bond motifs is 1. The van der Waals surface area contributed by atoms with Crippen LogP contribution in [0.5, 0.6) is 11.5 Å². The fourth-order valence-corrected chi connectivity index (χ4v) is 2.39. The minimum Gasteiger partial charge on any atom is -0.504 e. The van der Waals surface area contributed by atoms with Crippen molar-refractivity contribution in [3.05, 3.63) is 48.2 Å². The molecule has 2 aromatic carbocycles. The number of aromatic hydroxyl groups is 1. The van der Waals surface area contributed by atoms with Gasteiger partial charge in [0.1, 0.15) is 11.3 Å². The summed E-state index contributed by atoms with van der Waals surface area (Å²) in [5.41, 5.74) is 1.96. The molecule has 0 fully saturated rings. The summed E-state index contributed by atoms with van der Waals surface area (Å²) >= 11 is 0. The van der Waals surface area contributed by atoms with Gasteiger partial charge in [0, 0.05) is 5.39 Å². The van der Waals surface area contributed by atoms with Crippen molar-refractivity contribution in [2.24, 2.45) is 0 Å². The Kier molecular flexibility index (Phi) is 3.47. The highest BCUT2D eigenvalue weighted by molar-refractivity contribution is 6.05. The fourth-order valence-electron chi connectivity index (χ4n) is 2.39. The predicted molar refractivity (Wildman–Crippen MR) is 81.2 cm³/mol. The van der Waals surface area contributed by atoms with Crippen LogP contribution >= 0.6 is 0 Å². The normalized spacial score (nSPS) is 10.6. The lowest BCUT2D eigenvalue weighted by Crippen LogP contribution is -2.02. The second-order valence-electron chi connectivity index (χ2n) is 4.70. The molecule has 0 aliphatic heterocycles. The monoisotopic (exact) mass is 298 g/mol. The number of phenols is 1. The Labute approximate surface area is 126 Å². The lowest BCUT2D eigenvalue weighted by molar-refractivity contribution is 0.0597. The summed E-state index contributed by atoms with van der Waals surface area (Å²) in [5, 5.41) is 10.9. The van der Waals surface area contributed by atoms with Gasteiger partial charge in [-0.15, -0.1) is 0 Å². The van der Waals surface area contributed by atoms with Gasteiger partial charge in [-0.2, -0.15) is 0 Å². The van der Waals surface area contributed by atoms with Crippen LogP contribution in [0, 0.1) is 0 Å². The van der Waals surface area contributed by atoms with Crippen molar-refractivity contribution in [3.8, 4) is 22.6 Å². The van der Waals surface area contributed by atoms with Gasteiger partial charge in [0.25, 0.3) is 0 Å². The number of esters is 1. The molecule has 1 N–H and O–H groups in total. The summed E-state index contributed by atoms with van der Waals surface area (Å²) in [6.45, 7) is 0. The molecule has 0 saturated heterocycles. The molecular weight excluding hydrogens is 284 g/mol. The Balaban J connectivity index is 2.25. The van der Waals surface area contributed by atoms with Gasteiger partial charge in [-0.1, -0.05) is 12.1 Å². The van der Waals surface area contributed by atoms with Crippen molar-refractivity contribution in [2.75, 3.05) is 14.2 Å². The SMILES string of the molecule is COC(=O)c1cc(-c2ccc(OC)cc2)c2ccoc2c1O. The number of rotatable bonds is 3. The van der Waals surface area contributed by atoms with E-state index in [9.17, 15) is 9.90 Å². The first-order chi connectivity index (χ1) is 10.7. The van der Waals surface area contributed by atoms with Gasteiger partial charge in [0.2, 0.25) is 0 Å². The van der Waals surface area contributed by atoms with Crippen molar-refractivity contribution < 1.29 is 23.8 Å². The Hall–Kier alpha value is -2.95. The van der Waals surface area contributed by atoms with Gasteiger partial charge in [0.05, 0.1) is 20.5 Å². The highest BCUT2D eigenvalue weighted by Crippen LogP contribution is 2.38. The van der Waals surface area contributed by atoms with Crippen molar-refractivity contribution in [1.29, 1.82) is 0 Å². The fraction of sp³-hybridized carbons (Fsp3) is 0.118. The maximum Gasteiger partial charge on any atom is 0.341 e. The minimum atomic E-state index is -0.620. The van der Waals surface area contributed by atoms with Gasteiger partial charge in [-0.05, 0) is 35.4 Å². The zero-order valence-corrected chi connectivity index (χ0v) is 12.1. The average molecular weight is 298 g/mol. The molecule has 3 rings (SSSR count). The molecule has 0 unspecified atom stereocenters. The van der Waals surface area contributed by atoms with E-state index in [4.69, 9.17) is 13.9 Å². The van der Waals surface area contributed by atoms with Crippen molar-refractivity contribution in [1.82, 2.24) is 0 Å². The Morgan fingerprint density at radius 1 is 1.14 bits per heavy atom. The van der Waals surface area contributed by atoms with E-state index in [1.807, 2.05) is 24.3 Å². The molecule has 0 saturated carbocycles. The second kappa shape index (κ2) is 5.44. The number of carbonyl (C=O) groups excluding carboxylic acids is 1. The summed E-state index contributed by atoms with van der Waals surface area (Å²) in [5.74, 6) is -0.103. The first-order valence-corrected chi connectivity index (χ1v) is 6.61. The van der Waals surface area contributed by atoms with E-state index in [1.165, 1.54) is 13.4 Å². The van der Waals surface area contributed by atoms with E-state index >= 15 is 0 Å². The molecule has 112 valence electrons. The third-order valence-corrected chi connectivity index (χ3v) is 3.52. The molecule has 5 heteroatoms. The molecule has 5 nitrogen and oxygen atoms in total. The predicted octanol–water partition coefficient (Wildman–Crippen LogP) is 3.60. The molecular formula is C17H14O5. The van der Waals surface area contributed by atoms with Crippen molar-refractivity contribution in [2.45, 2.75) is 0 Å². The molecule has 3 aromatic rings. The molecule has 0 aliphatic carbocycles. The minimum absolute atomic E-state index is 0.0655. The highest BCUT2D eigenvalue weighted by atomic mass is 16.5. The average Bonchev–Trinajstić information content (AvgIpc) is 3.05. The lowest BCUT2D eigenvalue weighted by atomic mass is 9.98. The van der Waals surface area contributed by atoms with Crippen LogP contribution in [0.25, 0.3) is 22.1 Å². The van der Waals surface area contributed by atoms with Crippen LogP contribution in [0.4, 0.5) is 0 Å². The van der Waals surface area contributed by atoms with Gasteiger partial charge in [0.15, 0.2) is 11.3 Å². The molecule has 22 heavy (non-hydrogen) atoms. The molecule has 1 heterocycles. The number of phenolic OH excluding ortho intramolecular Hbond substituents is 1. The van der Waals surface area contributed by atoms with Crippen LogP contribution in [0.15, 0.2) is 47.1 Å². The van der Waals surface area contributed by atoms with Crippen LogP contribution in [-0.4, -0.2) is 25.3 Å². The summed E-state index contributed by atoms with van der Waals surface area (Å²) in [4.78, 5) is 11.8. The molecule has 0 atom stereocenters. The number of hydrogen-bond acceptors (Lipinski definition) is 5. The third kappa shape index (κ3) is 2.16. The molecule has 0 radical (unpaired) electrons. The van der Waals surface area contributed by atoms with Gasteiger partial charge >= 0.3 is 5.97 Å². The van der Waals surface area contributed by atoms with Crippen LogP contribution < -0.4 is 4.74 Å². The topological polar surface area (TPSA) is 68.9 Å². The Morgan fingerprint density at radius 3 is 2.50 bits per heavy atom. The van der Waals surface area contributed by atoms with E-state index in [1.54, 1.807) is 19.2 Å². The summed E-state index contributed by atoms with van der Waals surface area (Å²) in [6.07, 6.45) is 1.47. The van der Waals surface area contributed by atoms with E-state index in [0.29, 0.717) is 0 Å². The first-order valence-electron chi connectivity index (χ1n) is 6.61. The molecule has 0 bridgehead atoms. The Morgan fingerprint density at radius 2 is 1.86 bits per heavy atom. The quantitative estimate of drug-likeness (QED) is 0.748. The number of ether oxygens (including phenoxy) is 2. The maximum absolute atomic E-state index is 11.8. The summed E-state index contributed by atoms with van der Waals surface area (Å²) < 4.78 is 15.2. The van der Waals surface area contributed by atoms with Gasteiger partial charge < -0.3 is 19.0 Å². The summed E-state index contributed by atoms with van der Waals surface area (Å²) in [6, 6.07) is 10.7. The smallest absolute Gasteiger partial charge is 0.341 e. The van der Waals surface area contributed by atoms with Crippen LogP contribution in [0.3, 0.4) is 0 Å². The molecule has 0 amide bonds. The maximum atomic E-state index is 11.8. The van der Waals surface area contributed by atoms with Gasteiger partial charge in [-0.3, -0.25) is 0 Å². The first kappa shape index (κ1) is 14.0. The number of methoxy groups -OCH3 is 2. The zero-order chi connectivity index (χ0) is 15.7. The summed E-state index contributed by atoms with van der Waals surface area (Å²) in [7, 11) is 2.86. The largest absolute Gasteiger partial charge is 0.504 e. The van der Waals surface area contributed by atoms with Crippen LogP contribution in [0.2, 0.25) is 0 Å². The van der Waals surface area contributed by atoms with Crippen molar-refractivity contribution in [3.63, 3.8) is 0 Å². The molecule has 0 aliphatic rings. The van der Waals surface area contributed by atoms with Crippen LogP contribution in [-0.2, 0) is 4.74 Å². The number of carbonyl (C=O) groups is 1. The zero-order valence-electron chi connectivity index (χ0n) is 12.1. The highest BCUT2D eigenvalue weighted by Gasteiger charge is 2.20. The van der Waals surface area contributed by atoms with Crippen molar-refractivity contribution >= 4 is 16.9 Å². The van der Waals surface area contributed by atoms with E-state index < -0.39 is 5.97 Å². The number of benzene rings is 2. The van der Waals surface area contributed by atoms with Crippen LogP contribution in [0.1, 0.15) is 10.4 Å². The van der Waals surface area contributed by atoms with E-state index in [-0.39, 0.29) is 16.9 Å². The third-order valence-electron chi connectivity index (χ3n) is 3.52. The molecule has 0 spiro atoms. The van der Waals surface area contributed by atoms with Gasteiger partial charge in [-0.25, -0.2) is 4.79 Å².